The molecule has 29 heavy (non-hydrogen) atoms. The maximum Gasteiger partial charge on any atom is 0.240 e. The topological polar surface area (TPSA) is 86.8 Å². The molecule has 1 heterocycles. The van der Waals surface area contributed by atoms with Gasteiger partial charge in [-0.1, -0.05) is 12.1 Å². The highest BCUT2D eigenvalue weighted by atomic mass is 32.2. The van der Waals surface area contributed by atoms with Crippen LogP contribution in [0, 0.1) is 11.6 Å². The van der Waals surface area contributed by atoms with E-state index in [1.807, 2.05) is 0 Å². The quantitative estimate of drug-likeness (QED) is 0.696. The highest BCUT2D eigenvalue weighted by Crippen LogP contribution is 2.21. The molecule has 0 saturated carbocycles. The summed E-state index contributed by atoms with van der Waals surface area (Å²) in [7, 11) is -7.61. The van der Waals surface area contributed by atoms with Crippen molar-refractivity contribution in [3.05, 3.63) is 60.2 Å². The van der Waals surface area contributed by atoms with E-state index in [-0.39, 0.29) is 30.3 Å². The molecule has 0 aliphatic carbocycles. The SMILES string of the molecule is O=S(=O)(NCCS(=O)(=O)N1CCN(c2ccccc2F)CC1)c1ccc(F)cc1. The number of hydrogen-bond donors (Lipinski definition) is 1. The largest absolute Gasteiger partial charge is 0.367 e. The second kappa shape index (κ2) is 8.74. The lowest BCUT2D eigenvalue weighted by Crippen LogP contribution is -2.50. The van der Waals surface area contributed by atoms with Crippen LogP contribution in [-0.4, -0.2) is 59.6 Å². The molecule has 0 atom stereocenters. The number of nitrogens with zero attached hydrogens (tertiary/aromatic N) is 2. The first-order valence-corrected chi connectivity index (χ1v) is 12.0. The van der Waals surface area contributed by atoms with Crippen LogP contribution in [-0.2, 0) is 20.0 Å². The van der Waals surface area contributed by atoms with E-state index >= 15 is 0 Å². The fourth-order valence-corrected chi connectivity index (χ4v) is 5.55. The van der Waals surface area contributed by atoms with Crippen LogP contribution in [0.4, 0.5) is 14.5 Å². The van der Waals surface area contributed by atoms with Crippen molar-refractivity contribution in [3.8, 4) is 0 Å². The van der Waals surface area contributed by atoms with E-state index in [0.29, 0.717) is 18.8 Å². The van der Waals surface area contributed by atoms with Crippen molar-refractivity contribution in [1.82, 2.24) is 9.03 Å². The van der Waals surface area contributed by atoms with Gasteiger partial charge in [-0.15, -0.1) is 0 Å². The summed E-state index contributed by atoms with van der Waals surface area (Å²) in [5.74, 6) is -1.34. The van der Waals surface area contributed by atoms with Crippen LogP contribution in [0.15, 0.2) is 53.4 Å². The highest BCUT2D eigenvalue weighted by Gasteiger charge is 2.28. The Morgan fingerprint density at radius 1 is 0.862 bits per heavy atom. The Bertz CT molecular complexity index is 1050. The van der Waals surface area contributed by atoms with Gasteiger partial charge < -0.3 is 4.90 Å². The van der Waals surface area contributed by atoms with Crippen LogP contribution in [0.2, 0.25) is 0 Å². The van der Waals surface area contributed by atoms with Crippen molar-refractivity contribution in [2.75, 3.05) is 43.4 Å². The van der Waals surface area contributed by atoms with Gasteiger partial charge in [-0.2, -0.15) is 4.31 Å². The van der Waals surface area contributed by atoms with Crippen LogP contribution in [0.1, 0.15) is 0 Å². The number of halogens is 2. The van der Waals surface area contributed by atoms with Crippen LogP contribution in [0.25, 0.3) is 0 Å². The lowest BCUT2D eigenvalue weighted by molar-refractivity contribution is 0.383. The van der Waals surface area contributed by atoms with Crippen LogP contribution >= 0.6 is 0 Å². The van der Waals surface area contributed by atoms with Crippen molar-refractivity contribution in [2.24, 2.45) is 0 Å². The van der Waals surface area contributed by atoms with Crippen LogP contribution in [0.3, 0.4) is 0 Å². The Balaban J connectivity index is 1.54. The van der Waals surface area contributed by atoms with Gasteiger partial charge in [0, 0.05) is 32.7 Å². The Kier molecular flexibility index (Phi) is 6.52. The Labute approximate surface area is 169 Å². The summed E-state index contributed by atoms with van der Waals surface area (Å²) in [6.45, 7) is 0.723. The summed E-state index contributed by atoms with van der Waals surface area (Å²) in [5.41, 5.74) is 0.427. The van der Waals surface area contributed by atoms with Crippen molar-refractivity contribution >= 4 is 25.7 Å². The van der Waals surface area contributed by atoms with Gasteiger partial charge in [-0.25, -0.2) is 30.3 Å². The summed E-state index contributed by atoms with van der Waals surface area (Å²) in [6.07, 6.45) is 0. The second-order valence-corrected chi connectivity index (χ2v) is 10.4. The normalized spacial score (nSPS) is 16.1. The predicted octanol–water partition coefficient (Wildman–Crippen LogP) is 1.40. The molecular formula is C18H21F2N3O4S2. The average Bonchev–Trinajstić information content (AvgIpc) is 2.68. The summed E-state index contributed by atoms with van der Waals surface area (Å²) in [5, 5.41) is 0. The van der Waals surface area contributed by atoms with E-state index < -0.39 is 31.6 Å². The number of benzene rings is 2. The zero-order valence-electron chi connectivity index (χ0n) is 15.5. The molecule has 0 spiro atoms. The fourth-order valence-electron chi connectivity index (χ4n) is 3.05. The van der Waals surface area contributed by atoms with E-state index in [2.05, 4.69) is 4.72 Å². The summed E-state index contributed by atoms with van der Waals surface area (Å²) in [4.78, 5) is 1.63. The molecule has 3 rings (SSSR count). The minimum atomic E-state index is -3.93. The van der Waals surface area contributed by atoms with E-state index in [1.54, 1.807) is 23.1 Å². The molecule has 0 bridgehead atoms. The molecule has 1 N–H and O–H groups in total. The minimum absolute atomic E-state index is 0.144. The number of hydrogen-bond acceptors (Lipinski definition) is 5. The molecule has 0 amide bonds. The molecule has 11 heteroatoms. The maximum absolute atomic E-state index is 13.9. The molecule has 7 nitrogen and oxygen atoms in total. The standard InChI is InChI=1S/C18H21F2N3O4S2/c19-15-5-7-16(8-6-15)29(26,27)21-9-14-28(24,25)23-12-10-22(11-13-23)18-4-2-1-3-17(18)20/h1-8,21H,9-14H2. The third-order valence-corrected chi connectivity index (χ3v) is 7.95. The third kappa shape index (κ3) is 5.30. The molecule has 1 aliphatic heterocycles. The third-order valence-electron chi connectivity index (χ3n) is 4.60. The maximum atomic E-state index is 13.9. The first-order chi connectivity index (χ1) is 13.7. The Morgan fingerprint density at radius 2 is 1.48 bits per heavy atom. The fraction of sp³-hybridized carbons (Fsp3) is 0.333. The van der Waals surface area contributed by atoms with E-state index in [4.69, 9.17) is 0 Å². The van der Waals surface area contributed by atoms with Crippen molar-refractivity contribution < 1.29 is 25.6 Å². The summed E-state index contributed by atoms with van der Waals surface area (Å²) in [6, 6.07) is 10.5. The Morgan fingerprint density at radius 3 is 2.10 bits per heavy atom. The van der Waals surface area contributed by atoms with Crippen LogP contribution in [0.5, 0.6) is 0 Å². The monoisotopic (exact) mass is 445 g/mol. The molecule has 1 aliphatic rings. The summed E-state index contributed by atoms with van der Waals surface area (Å²) >= 11 is 0. The van der Waals surface area contributed by atoms with Gasteiger partial charge in [0.05, 0.1) is 16.3 Å². The lowest BCUT2D eigenvalue weighted by Gasteiger charge is -2.35. The molecule has 0 aromatic heterocycles. The lowest BCUT2D eigenvalue weighted by atomic mass is 10.2. The number of rotatable bonds is 7. The number of nitrogens with one attached hydrogen (secondary N) is 1. The number of para-hydroxylation sites is 1. The van der Waals surface area contributed by atoms with Crippen molar-refractivity contribution in [1.29, 1.82) is 0 Å². The molecular weight excluding hydrogens is 424 g/mol. The molecule has 1 fully saturated rings. The van der Waals surface area contributed by atoms with Gasteiger partial charge in [-0.3, -0.25) is 0 Å². The smallest absolute Gasteiger partial charge is 0.240 e. The molecule has 2 aromatic rings. The van der Waals surface area contributed by atoms with Gasteiger partial charge in [0.1, 0.15) is 11.6 Å². The van der Waals surface area contributed by atoms with Gasteiger partial charge in [-0.05, 0) is 36.4 Å². The number of piperazine rings is 1. The minimum Gasteiger partial charge on any atom is -0.367 e. The van der Waals surface area contributed by atoms with Gasteiger partial charge in [0.25, 0.3) is 0 Å². The van der Waals surface area contributed by atoms with Gasteiger partial charge in [0.2, 0.25) is 20.0 Å². The van der Waals surface area contributed by atoms with Crippen LogP contribution < -0.4 is 9.62 Å². The molecule has 158 valence electrons. The van der Waals surface area contributed by atoms with Gasteiger partial charge in [0.15, 0.2) is 0 Å². The van der Waals surface area contributed by atoms with Gasteiger partial charge >= 0.3 is 0 Å². The van der Waals surface area contributed by atoms with E-state index in [1.165, 1.54) is 10.4 Å². The molecule has 0 unspecified atom stereocenters. The first kappa shape index (κ1) is 21.6. The average molecular weight is 446 g/mol. The molecule has 1 saturated heterocycles. The highest BCUT2D eigenvalue weighted by molar-refractivity contribution is 7.90. The number of sulfonamides is 2. The Hall–Kier alpha value is -2.08. The van der Waals surface area contributed by atoms with E-state index in [0.717, 1.165) is 24.3 Å². The summed E-state index contributed by atoms with van der Waals surface area (Å²) < 4.78 is 79.6. The second-order valence-electron chi connectivity index (χ2n) is 6.51. The van der Waals surface area contributed by atoms with Crippen molar-refractivity contribution in [2.45, 2.75) is 4.90 Å². The number of anilines is 1. The predicted molar refractivity (Wildman–Crippen MR) is 106 cm³/mol. The molecule has 2 aromatic carbocycles. The van der Waals surface area contributed by atoms with E-state index in [9.17, 15) is 25.6 Å². The molecule has 0 radical (unpaired) electrons. The zero-order chi connectivity index (χ0) is 21.1. The van der Waals surface area contributed by atoms with Crippen molar-refractivity contribution in [3.63, 3.8) is 0 Å². The first-order valence-electron chi connectivity index (χ1n) is 8.91. The zero-order valence-corrected chi connectivity index (χ0v) is 17.1.